The van der Waals surface area contributed by atoms with Crippen LogP contribution in [0.1, 0.15) is 95.0 Å². The summed E-state index contributed by atoms with van der Waals surface area (Å²) in [6.07, 6.45) is 6.37. The van der Waals surface area contributed by atoms with Gasteiger partial charge in [-0.15, -0.1) is 0 Å². The minimum atomic E-state index is -0.352. The number of unbranched alkanes of at least 4 members (excludes halogenated alkanes) is 1. The van der Waals surface area contributed by atoms with Crippen LogP contribution >= 0.6 is 0 Å². The summed E-state index contributed by atoms with van der Waals surface area (Å²) in [6, 6.07) is 30.3. The third-order valence-electron chi connectivity index (χ3n) is 10.6. The van der Waals surface area contributed by atoms with Gasteiger partial charge in [0.2, 0.25) is 0 Å². The van der Waals surface area contributed by atoms with E-state index < -0.39 is 0 Å². The van der Waals surface area contributed by atoms with Crippen LogP contribution in [0.25, 0.3) is 0 Å². The molecule has 7 heteroatoms. The minimum Gasteiger partial charge on any atom is -0.508 e. The Kier molecular flexibility index (Phi) is 10.8. The van der Waals surface area contributed by atoms with Gasteiger partial charge < -0.3 is 24.2 Å². The predicted octanol–water partition coefficient (Wildman–Crippen LogP) is 8.53. The average Bonchev–Trinajstić information content (AvgIpc) is 3.47. The van der Waals surface area contributed by atoms with Crippen LogP contribution in [0.3, 0.4) is 0 Å². The highest BCUT2D eigenvalue weighted by atomic mass is 16.5. The molecule has 0 bridgehead atoms. The second kappa shape index (κ2) is 16.0. The average molecular weight is 686 g/mol. The van der Waals surface area contributed by atoms with Gasteiger partial charge in [-0.1, -0.05) is 60.7 Å². The molecule has 0 spiro atoms. The number of phenols is 1. The molecule has 1 aliphatic heterocycles. The molecule has 0 aromatic heterocycles. The number of hydrogen-bond donors (Lipinski definition) is 1. The van der Waals surface area contributed by atoms with Crippen LogP contribution in [0.2, 0.25) is 0 Å². The maximum atomic E-state index is 13.0. The fourth-order valence-electron chi connectivity index (χ4n) is 7.94. The molecule has 1 saturated carbocycles. The Bertz CT molecular complexity index is 1850. The van der Waals surface area contributed by atoms with Gasteiger partial charge in [0.05, 0.1) is 19.3 Å². The molecular formula is C44H47NO6. The van der Waals surface area contributed by atoms with Crippen molar-refractivity contribution in [3.8, 4) is 17.2 Å². The fraction of sp³-hybridized carbons (Fsp3) is 0.364. The molecule has 1 N–H and O–H groups in total. The summed E-state index contributed by atoms with van der Waals surface area (Å²) in [7, 11) is 0. The summed E-state index contributed by atoms with van der Waals surface area (Å²) < 4.78 is 17.9. The highest BCUT2D eigenvalue weighted by Crippen LogP contribution is 2.47. The minimum absolute atomic E-state index is 0.0654. The molecule has 1 amide bonds. The van der Waals surface area contributed by atoms with Gasteiger partial charge in [0.15, 0.2) is 5.78 Å². The lowest BCUT2D eigenvalue weighted by molar-refractivity contribution is -0.124. The number of allylic oxidation sites excluding steroid dienone is 1. The Morgan fingerprint density at radius 2 is 1.47 bits per heavy atom. The number of Topliss-reactive ketones (excluding diaryl/α,β-unsaturated/α-hetero) is 1. The van der Waals surface area contributed by atoms with Crippen LogP contribution in [0, 0.1) is 0 Å². The van der Waals surface area contributed by atoms with Crippen LogP contribution < -0.4 is 9.47 Å². The monoisotopic (exact) mass is 685 g/mol. The zero-order valence-corrected chi connectivity index (χ0v) is 29.2. The van der Waals surface area contributed by atoms with Crippen LogP contribution in [0.5, 0.6) is 17.2 Å². The van der Waals surface area contributed by atoms with E-state index in [1.54, 1.807) is 11.0 Å². The molecule has 7 rings (SSSR count). The van der Waals surface area contributed by atoms with E-state index in [4.69, 9.17) is 14.2 Å². The number of fused-ring (bicyclic) bond motifs is 2. The van der Waals surface area contributed by atoms with Crippen LogP contribution in [-0.2, 0) is 22.5 Å². The molecule has 2 aliphatic carbocycles. The van der Waals surface area contributed by atoms with Crippen molar-refractivity contribution in [2.24, 2.45) is 0 Å². The number of carbonyl (C=O) groups is 2. The number of rotatable bonds is 14. The summed E-state index contributed by atoms with van der Waals surface area (Å²) in [5.74, 6) is 2.54. The van der Waals surface area contributed by atoms with E-state index in [0.29, 0.717) is 63.0 Å². The number of nitrogens with zero attached hydrogens (tertiary/aromatic N) is 1. The van der Waals surface area contributed by atoms with Crippen molar-refractivity contribution in [3.63, 3.8) is 0 Å². The van der Waals surface area contributed by atoms with Crippen molar-refractivity contribution in [3.05, 3.63) is 137 Å². The molecule has 0 saturated heterocycles. The van der Waals surface area contributed by atoms with Crippen molar-refractivity contribution in [1.82, 2.24) is 4.90 Å². The topological polar surface area (TPSA) is 85.3 Å². The normalized spacial score (nSPS) is 19.9. The highest BCUT2D eigenvalue weighted by molar-refractivity contribution is 6.02. The van der Waals surface area contributed by atoms with E-state index in [-0.39, 0.29) is 23.7 Å². The molecule has 7 nitrogen and oxygen atoms in total. The SMILES string of the molecule is C=C1CC[C@@H](N2Cc3cc(OCCCCOCCCOc4ccc([C@H]5c6ccc(O)cc6CC[C@H]5c5ccccc5)cc4)ccc3C2=O)C(=O)C1. The number of aromatic hydroxyl groups is 1. The fourth-order valence-corrected chi connectivity index (χ4v) is 7.94. The number of amides is 1. The van der Waals surface area contributed by atoms with Gasteiger partial charge in [-0.25, -0.2) is 0 Å². The van der Waals surface area contributed by atoms with Gasteiger partial charge in [0.25, 0.3) is 5.91 Å². The number of ketones is 1. The molecule has 0 radical (unpaired) electrons. The summed E-state index contributed by atoms with van der Waals surface area (Å²) in [4.78, 5) is 27.2. The molecule has 1 fully saturated rings. The quantitative estimate of drug-likeness (QED) is 0.106. The van der Waals surface area contributed by atoms with E-state index in [0.717, 1.165) is 61.2 Å². The van der Waals surface area contributed by atoms with E-state index in [1.807, 2.05) is 24.3 Å². The Hall–Kier alpha value is -4.88. The molecule has 3 atom stereocenters. The van der Waals surface area contributed by atoms with Crippen molar-refractivity contribution in [2.75, 3.05) is 26.4 Å². The maximum absolute atomic E-state index is 13.0. The van der Waals surface area contributed by atoms with Gasteiger partial charge in [-0.3, -0.25) is 9.59 Å². The van der Waals surface area contributed by atoms with Crippen molar-refractivity contribution >= 4 is 11.7 Å². The predicted molar refractivity (Wildman–Crippen MR) is 198 cm³/mol. The van der Waals surface area contributed by atoms with Gasteiger partial charge >= 0.3 is 0 Å². The number of hydrogen-bond acceptors (Lipinski definition) is 6. The van der Waals surface area contributed by atoms with Crippen LogP contribution in [-0.4, -0.2) is 54.2 Å². The van der Waals surface area contributed by atoms with Gasteiger partial charge in [0.1, 0.15) is 17.2 Å². The Labute approximate surface area is 300 Å². The zero-order chi connectivity index (χ0) is 35.2. The van der Waals surface area contributed by atoms with E-state index in [2.05, 4.69) is 67.2 Å². The van der Waals surface area contributed by atoms with Crippen LogP contribution in [0.4, 0.5) is 0 Å². The Balaban J connectivity index is 0.804. The molecule has 4 aromatic rings. The number of carbonyl (C=O) groups excluding carboxylic acids is 2. The third kappa shape index (κ3) is 8.04. The van der Waals surface area contributed by atoms with Crippen molar-refractivity contribution in [1.29, 1.82) is 0 Å². The second-order valence-corrected chi connectivity index (χ2v) is 14.1. The first-order chi connectivity index (χ1) is 24.9. The molecule has 0 unspecified atom stereocenters. The highest BCUT2D eigenvalue weighted by Gasteiger charge is 2.38. The van der Waals surface area contributed by atoms with Gasteiger partial charge in [-0.05, 0) is 115 Å². The first-order valence-electron chi connectivity index (χ1n) is 18.4. The summed E-state index contributed by atoms with van der Waals surface area (Å²) in [6.45, 7) is 6.85. The van der Waals surface area contributed by atoms with E-state index in [9.17, 15) is 14.7 Å². The lowest BCUT2D eigenvalue weighted by atomic mass is 9.69. The van der Waals surface area contributed by atoms with Crippen LogP contribution in [0.15, 0.2) is 103 Å². The molecule has 4 aromatic carbocycles. The summed E-state index contributed by atoms with van der Waals surface area (Å²) in [5, 5.41) is 10.1. The van der Waals surface area contributed by atoms with E-state index >= 15 is 0 Å². The Morgan fingerprint density at radius 3 is 2.29 bits per heavy atom. The first kappa shape index (κ1) is 34.6. The lowest BCUT2D eigenvalue weighted by Crippen LogP contribution is -2.43. The summed E-state index contributed by atoms with van der Waals surface area (Å²) >= 11 is 0. The van der Waals surface area contributed by atoms with E-state index in [1.165, 1.54) is 22.3 Å². The maximum Gasteiger partial charge on any atom is 0.255 e. The van der Waals surface area contributed by atoms with Crippen molar-refractivity contribution in [2.45, 2.75) is 75.8 Å². The number of benzene rings is 4. The largest absolute Gasteiger partial charge is 0.508 e. The smallest absolute Gasteiger partial charge is 0.255 e. The molecular weight excluding hydrogens is 638 g/mol. The first-order valence-corrected chi connectivity index (χ1v) is 18.4. The molecule has 51 heavy (non-hydrogen) atoms. The standard InChI is InChI=1S/C44H47NO6/c1-30-10-21-41(42(47)26-30)45-29-34-28-37(17-20-40(34)44(45)48)51-24-6-5-22-49-23-7-25-50-36-15-11-32(12-16-36)43-38(31-8-3-2-4-9-31)18-13-33-27-35(46)14-19-39(33)43/h2-4,8-9,11-12,14-17,19-20,27-28,38,41,43,46H,1,5-7,10,13,18,21-26,29H2/t38-,41+,43+/m0/s1. The lowest BCUT2D eigenvalue weighted by Gasteiger charge is -2.34. The zero-order valence-electron chi connectivity index (χ0n) is 29.2. The van der Waals surface area contributed by atoms with Gasteiger partial charge in [0, 0.05) is 44.1 Å². The molecule has 3 aliphatic rings. The second-order valence-electron chi connectivity index (χ2n) is 14.1. The number of ether oxygens (including phenoxy) is 3. The number of aryl methyl sites for hydroxylation is 1. The third-order valence-corrected chi connectivity index (χ3v) is 10.6. The number of phenolic OH excluding ortho intramolecular Hbond substituents is 1. The molecule has 264 valence electrons. The summed E-state index contributed by atoms with van der Waals surface area (Å²) in [5.41, 5.74) is 7.67. The van der Waals surface area contributed by atoms with Gasteiger partial charge in [-0.2, -0.15) is 0 Å². The van der Waals surface area contributed by atoms with Crippen molar-refractivity contribution < 1.29 is 28.9 Å². The Morgan fingerprint density at radius 1 is 0.725 bits per heavy atom. The molecule has 1 heterocycles.